The molecule has 1 unspecified atom stereocenters. The Labute approximate surface area is 109 Å². The number of halogens is 1. The van der Waals surface area contributed by atoms with Gasteiger partial charge in [0.05, 0.1) is 0 Å². The molecule has 0 N–H and O–H groups in total. The average molecular weight is 331 g/mol. The molecule has 1 saturated heterocycles. The molecule has 16 heavy (non-hydrogen) atoms. The average Bonchev–Trinajstić information content (AvgIpc) is 2.74. The smallest absolute Gasteiger partial charge is 0.0277 e. The van der Waals surface area contributed by atoms with Crippen LogP contribution in [0.15, 0.2) is 11.1 Å². The van der Waals surface area contributed by atoms with Gasteiger partial charge in [0.15, 0.2) is 0 Å². The zero-order chi connectivity index (χ0) is 11.0. The Balaban J connectivity index is 1.76. The number of alkyl halides is 1. The number of hydrogen-bond acceptors (Lipinski definition) is 1. The maximum Gasteiger partial charge on any atom is 0.0277 e. The van der Waals surface area contributed by atoms with Crippen LogP contribution >= 0.6 is 20.7 Å². The first-order chi connectivity index (χ1) is 7.84. The predicted molar refractivity (Wildman–Crippen MR) is 79.6 cm³/mol. The van der Waals surface area contributed by atoms with Crippen LogP contribution in [-0.2, 0) is 0 Å². The highest BCUT2D eigenvalue weighted by Gasteiger charge is 2.29. The molecule has 2 heteroatoms. The Kier molecular flexibility index (Phi) is 3.48. The molecule has 3 aliphatic rings. The molecule has 0 aromatic heterocycles. The van der Waals surface area contributed by atoms with E-state index in [9.17, 15) is 0 Å². The summed E-state index contributed by atoms with van der Waals surface area (Å²) in [4.78, 5) is 2.49. The van der Waals surface area contributed by atoms with Crippen LogP contribution in [-0.4, -0.2) is 33.0 Å². The Morgan fingerprint density at radius 3 is 2.81 bits per heavy atom. The fraction of sp³-hybridized carbons (Fsp3) is 0.786. The molecule has 0 bridgehead atoms. The van der Waals surface area contributed by atoms with E-state index in [1.54, 1.807) is 0 Å². The molecule has 2 fully saturated rings. The molecule has 0 aromatic rings. The molecular formula is C14H22IN. The minimum Gasteiger partial charge on any atom is -0.306 e. The van der Waals surface area contributed by atoms with Crippen molar-refractivity contribution >= 4 is 24.7 Å². The second kappa shape index (κ2) is 4.89. The summed E-state index contributed by atoms with van der Waals surface area (Å²) in [5, 5.41) is 0. The van der Waals surface area contributed by atoms with Gasteiger partial charge in [0.25, 0.3) is 0 Å². The normalized spacial score (nSPS) is 32.7. The van der Waals surface area contributed by atoms with E-state index in [2.05, 4.69) is 16.0 Å². The quantitative estimate of drug-likeness (QED) is 0.526. The molecule has 90 valence electrons. The minimum absolute atomic E-state index is 0.390. The second-order valence-electron chi connectivity index (χ2n) is 5.51. The van der Waals surface area contributed by atoms with E-state index in [1.165, 1.54) is 51.6 Å². The number of rotatable bonds is 1. The van der Waals surface area contributed by atoms with Crippen molar-refractivity contribution in [3.63, 3.8) is 0 Å². The fourth-order valence-corrected chi connectivity index (χ4v) is 6.95. The molecule has 0 aromatic carbocycles. The van der Waals surface area contributed by atoms with Crippen LogP contribution in [0.4, 0.5) is 0 Å². The van der Waals surface area contributed by atoms with Crippen LogP contribution in [0.2, 0.25) is 0 Å². The minimum atomic E-state index is 0.390. The topological polar surface area (TPSA) is 3.24 Å². The van der Waals surface area contributed by atoms with Gasteiger partial charge in [0.2, 0.25) is 0 Å². The highest BCUT2D eigenvalue weighted by Crippen LogP contribution is 2.42. The number of likely N-dealkylation sites (tertiary alicyclic amines) is 1. The van der Waals surface area contributed by atoms with Crippen LogP contribution in [0.3, 0.4) is 0 Å². The number of hydrogen-bond donors (Lipinski definition) is 0. The molecule has 1 nitrogen and oxygen atoms in total. The fourth-order valence-electron chi connectivity index (χ4n) is 3.32. The maximum atomic E-state index is 2.71. The van der Waals surface area contributed by atoms with Crippen LogP contribution < -0.4 is 0 Å². The van der Waals surface area contributed by atoms with Gasteiger partial charge >= 0.3 is 0 Å². The maximum absolute atomic E-state index is 2.71. The third-order valence-electron chi connectivity index (χ3n) is 4.39. The molecule has 1 atom stereocenters. The lowest BCUT2D eigenvalue weighted by Gasteiger charge is -2.31. The third-order valence-corrected chi connectivity index (χ3v) is 7.67. The summed E-state index contributed by atoms with van der Waals surface area (Å²) >= 11 is 0.390. The van der Waals surface area contributed by atoms with Gasteiger partial charge in [-0.1, -0.05) is 12.0 Å². The summed E-state index contributed by atoms with van der Waals surface area (Å²) < 4.78 is 3.78. The van der Waals surface area contributed by atoms with Crippen LogP contribution in [0.25, 0.3) is 0 Å². The Hall–Kier alpha value is 0.300. The van der Waals surface area contributed by atoms with Gasteiger partial charge in [0, 0.05) is 3.92 Å². The number of piperidine rings is 1. The van der Waals surface area contributed by atoms with E-state index < -0.39 is 0 Å². The van der Waals surface area contributed by atoms with E-state index in [-0.39, 0.29) is 0 Å². The summed E-state index contributed by atoms with van der Waals surface area (Å²) in [7, 11) is 2.27. The first-order valence-electron chi connectivity index (χ1n) is 6.71. The van der Waals surface area contributed by atoms with Crippen LogP contribution in [0.5, 0.6) is 0 Å². The van der Waals surface area contributed by atoms with E-state index in [4.69, 9.17) is 0 Å². The Morgan fingerprint density at radius 1 is 1.19 bits per heavy atom. The summed E-state index contributed by atoms with van der Waals surface area (Å²) in [6, 6.07) is 0. The predicted octanol–water partition coefficient (Wildman–Crippen LogP) is 3.35. The van der Waals surface area contributed by atoms with Crippen LogP contribution in [0.1, 0.15) is 38.5 Å². The standard InChI is InChI=1S/C14H22IN/c1-16-8-6-11(7-9-16)13-10-15-14-5-3-2-4-12(13)14/h10-11,14H,2-9H2,1H3. The Bertz CT molecular complexity index is 324. The lowest BCUT2D eigenvalue weighted by atomic mass is 9.82. The first kappa shape index (κ1) is 11.4. The molecule has 0 radical (unpaired) electrons. The van der Waals surface area contributed by atoms with Gasteiger partial charge in [-0.25, -0.2) is 0 Å². The first-order valence-corrected chi connectivity index (χ1v) is 9.20. The van der Waals surface area contributed by atoms with Gasteiger partial charge in [-0.05, 0) is 67.7 Å². The van der Waals surface area contributed by atoms with Gasteiger partial charge in [0.1, 0.15) is 0 Å². The number of nitrogens with zero attached hydrogens (tertiary/aromatic N) is 1. The molecule has 2 heterocycles. The molecule has 3 rings (SSSR count). The van der Waals surface area contributed by atoms with Crippen LogP contribution in [0, 0.1) is 5.92 Å². The molecule has 1 saturated carbocycles. The number of fused-ring (bicyclic) bond motifs is 1. The lowest BCUT2D eigenvalue weighted by Crippen LogP contribution is -2.31. The zero-order valence-corrected chi connectivity index (χ0v) is 12.4. The van der Waals surface area contributed by atoms with E-state index in [1.807, 2.05) is 11.1 Å². The third kappa shape index (κ3) is 2.15. The van der Waals surface area contributed by atoms with Gasteiger partial charge in [-0.2, -0.15) is 0 Å². The van der Waals surface area contributed by atoms with Crippen molar-refractivity contribution in [2.45, 2.75) is 42.4 Å². The van der Waals surface area contributed by atoms with Gasteiger partial charge in [-0.15, -0.1) is 20.7 Å². The van der Waals surface area contributed by atoms with Crippen molar-refractivity contribution in [1.82, 2.24) is 4.90 Å². The van der Waals surface area contributed by atoms with E-state index >= 15 is 0 Å². The largest absolute Gasteiger partial charge is 0.306 e. The van der Waals surface area contributed by atoms with E-state index in [0.29, 0.717) is 20.7 Å². The van der Waals surface area contributed by atoms with Gasteiger partial charge in [-0.3, -0.25) is 0 Å². The molecule has 2 aliphatic heterocycles. The number of allylic oxidation sites excluding steroid dienone is 2. The molecule has 0 amide bonds. The molecular weight excluding hydrogens is 309 g/mol. The van der Waals surface area contributed by atoms with Crippen molar-refractivity contribution in [2.75, 3.05) is 20.1 Å². The van der Waals surface area contributed by atoms with Crippen molar-refractivity contribution in [1.29, 1.82) is 0 Å². The summed E-state index contributed by atoms with van der Waals surface area (Å²) in [6.45, 7) is 2.64. The van der Waals surface area contributed by atoms with Crippen molar-refractivity contribution < 1.29 is 0 Å². The SMILES string of the molecule is CN1CCC(C2=C3CCCCC3I=C2)CC1. The van der Waals surface area contributed by atoms with Crippen molar-refractivity contribution in [2.24, 2.45) is 5.92 Å². The zero-order valence-electron chi connectivity index (χ0n) is 10.2. The Morgan fingerprint density at radius 2 is 2.00 bits per heavy atom. The molecule has 0 spiro atoms. The van der Waals surface area contributed by atoms with E-state index in [0.717, 1.165) is 9.84 Å². The highest BCUT2D eigenvalue weighted by molar-refractivity contribution is 14.2. The van der Waals surface area contributed by atoms with Crippen molar-refractivity contribution in [3.05, 3.63) is 11.1 Å². The summed E-state index contributed by atoms with van der Waals surface area (Å²) in [6.07, 6.45) is 8.78. The van der Waals surface area contributed by atoms with Gasteiger partial charge < -0.3 is 4.90 Å². The summed E-state index contributed by atoms with van der Waals surface area (Å²) in [5.41, 5.74) is 3.78. The summed E-state index contributed by atoms with van der Waals surface area (Å²) in [5.74, 6) is 0.939. The molecule has 1 aliphatic carbocycles. The lowest BCUT2D eigenvalue weighted by molar-refractivity contribution is 0.240. The second-order valence-corrected chi connectivity index (χ2v) is 8.35. The highest BCUT2D eigenvalue weighted by atomic mass is 127. The van der Waals surface area contributed by atoms with Crippen molar-refractivity contribution in [3.8, 4) is 0 Å². The monoisotopic (exact) mass is 331 g/mol.